The lowest BCUT2D eigenvalue weighted by Gasteiger charge is -2.03. The Labute approximate surface area is 101 Å². The Morgan fingerprint density at radius 3 is 2.56 bits per heavy atom. The van der Waals surface area contributed by atoms with Gasteiger partial charge < -0.3 is 15.9 Å². The molecule has 0 unspecified atom stereocenters. The predicted molar refractivity (Wildman–Crippen MR) is 60.1 cm³/mol. The summed E-state index contributed by atoms with van der Waals surface area (Å²) >= 11 is 0. The fourth-order valence-corrected chi connectivity index (χ4v) is 1.43. The Hall–Kier alpha value is -2.48. The number of carboxylic acids is 2. The van der Waals surface area contributed by atoms with E-state index in [2.05, 4.69) is 10.2 Å². The van der Waals surface area contributed by atoms with E-state index in [1.807, 2.05) is 0 Å². The van der Waals surface area contributed by atoms with Gasteiger partial charge in [-0.3, -0.25) is 4.79 Å². The summed E-state index contributed by atoms with van der Waals surface area (Å²) in [5, 5.41) is 25.5. The third-order valence-corrected chi connectivity index (χ3v) is 2.35. The van der Waals surface area contributed by atoms with Gasteiger partial charge in [-0.1, -0.05) is 0 Å². The molecule has 0 fully saturated rings. The van der Waals surface area contributed by atoms with Crippen molar-refractivity contribution in [2.45, 2.75) is 12.6 Å². The van der Waals surface area contributed by atoms with Crippen molar-refractivity contribution in [3.05, 3.63) is 23.8 Å². The Balaban J connectivity index is 2.32. The molecule has 1 heterocycles. The van der Waals surface area contributed by atoms with E-state index >= 15 is 0 Å². The number of benzene rings is 1. The topological polar surface area (TPSA) is 131 Å². The minimum Gasteiger partial charge on any atom is -0.480 e. The number of nitrogens with zero attached hydrogens (tertiary/aromatic N) is 3. The van der Waals surface area contributed by atoms with Crippen molar-refractivity contribution in [3.8, 4) is 0 Å². The molecule has 1 atom stereocenters. The van der Waals surface area contributed by atoms with Gasteiger partial charge in [-0.25, -0.2) is 4.79 Å². The van der Waals surface area contributed by atoms with E-state index in [0.29, 0.717) is 11.0 Å². The maximum Gasteiger partial charge on any atom is 0.335 e. The van der Waals surface area contributed by atoms with Gasteiger partial charge >= 0.3 is 11.9 Å². The predicted octanol–water partition coefficient (Wildman–Crippen LogP) is -0.459. The van der Waals surface area contributed by atoms with Crippen LogP contribution >= 0.6 is 0 Å². The molecule has 0 saturated heterocycles. The normalized spacial score (nSPS) is 12.5. The molecule has 18 heavy (non-hydrogen) atoms. The van der Waals surface area contributed by atoms with Crippen LogP contribution in [0.15, 0.2) is 18.2 Å². The molecular weight excluding hydrogens is 240 g/mol. The number of nitrogens with two attached hydrogens (primary N) is 1. The van der Waals surface area contributed by atoms with Crippen LogP contribution in [0.4, 0.5) is 0 Å². The molecule has 0 spiro atoms. The molecule has 0 amide bonds. The highest BCUT2D eigenvalue weighted by Gasteiger charge is 2.14. The lowest BCUT2D eigenvalue weighted by molar-refractivity contribution is -0.139. The molecule has 1 aromatic carbocycles. The molecule has 0 radical (unpaired) electrons. The molecular formula is C10H10N4O4. The van der Waals surface area contributed by atoms with E-state index in [0.717, 1.165) is 4.80 Å². The standard InChI is InChI=1S/C10H10N4O4/c11-6(10(17)18)4-14-12-7-2-1-5(9(15)16)3-8(7)13-14/h1-3,6H,4,11H2,(H,15,16)(H,17,18)/t6-/m0/s1. The third-order valence-electron chi connectivity index (χ3n) is 2.35. The van der Waals surface area contributed by atoms with E-state index in [1.165, 1.54) is 18.2 Å². The van der Waals surface area contributed by atoms with Gasteiger partial charge in [0.25, 0.3) is 0 Å². The summed E-state index contributed by atoms with van der Waals surface area (Å²) in [7, 11) is 0. The number of rotatable bonds is 4. The molecule has 0 aliphatic heterocycles. The summed E-state index contributed by atoms with van der Waals surface area (Å²) in [5.74, 6) is -2.21. The minimum atomic E-state index is -1.15. The van der Waals surface area contributed by atoms with Crippen molar-refractivity contribution in [3.63, 3.8) is 0 Å². The smallest absolute Gasteiger partial charge is 0.335 e. The maximum absolute atomic E-state index is 10.8. The molecule has 1 aromatic heterocycles. The molecule has 8 heteroatoms. The van der Waals surface area contributed by atoms with Crippen molar-refractivity contribution >= 4 is 23.0 Å². The second kappa shape index (κ2) is 4.41. The fourth-order valence-electron chi connectivity index (χ4n) is 1.43. The largest absolute Gasteiger partial charge is 0.480 e. The Morgan fingerprint density at radius 2 is 1.94 bits per heavy atom. The highest BCUT2D eigenvalue weighted by atomic mass is 16.4. The molecule has 0 aliphatic carbocycles. The Morgan fingerprint density at radius 1 is 1.28 bits per heavy atom. The summed E-state index contributed by atoms with van der Waals surface area (Å²) in [6.45, 7) is -0.0770. The molecule has 0 bridgehead atoms. The SMILES string of the molecule is N[C@@H](Cn1nc2ccc(C(=O)O)cc2n1)C(=O)O. The van der Waals surface area contributed by atoms with Gasteiger partial charge in [-0.05, 0) is 18.2 Å². The van der Waals surface area contributed by atoms with E-state index in [4.69, 9.17) is 15.9 Å². The number of fused-ring (bicyclic) bond motifs is 1. The van der Waals surface area contributed by atoms with E-state index in [-0.39, 0.29) is 12.1 Å². The van der Waals surface area contributed by atoms with Crippen LogP contribution < -0.4 is 5.73 Å². The second-order valence-corrected chi connectivity index (χ2v) is 3.71. The summed E-state index contributed by atoms with van der Waals surface area (Å²) in [6, 6.07) is 3.17. The highest BCUT2D eigenvalue weighted by Crippen LogP contribution is 2.11. The van der Waals surface area contributed by atoms with Gasteiger partial charge in [-0.2, -0.15) is 15.0 Å². The summed E-state index contributed by atoms with van der Waals surface area (Å²) in [5.41, 5.74) is 6.31. The van der Waals surface area contributed by atoms with Crippen molar-refractivity contribution in [1.82, 2.24) is 15.0 Å². The van der Waals surface area contributed by atoms with Gasteiger partial charge in [0.15, 0.2) is 0 Å². The minimum absolute atomic E-state index is 0.0770. The molecule has 0 aliphatic rings. The zero-order valence-electron chi connectivity index (χ0n) is 9.15. The number of hydrogen-bond donors (Lipinski definition) is 3. The summed E-state index contributed by atoms with van der Waals surface area (Å²) in [4.78, 5) is 22.5. The fraction of sp³-hybridized carbons (Fsp3) is 0.200. The number of aromatic nitrogens is 3. The molecule has 2 aromatic rings. The van der Waals surface area contributed by atoms with Crippen LogP contribution in [0.1, 0.15) is 10.4 Å². The van der Waals surface area contributed by atoms with Crippen LogP contribution in [0.25, 0.3) is 11.0 Å². The second-order valence-electron chi connectivity index (χ2n) is 3.71. The third kappa shape index (κ3) is 2.28. The molecule has 0 saturated carbocycles. The van der Waals surface area contributed by atoms with Gasteiger partial charge in [0.2, 0.25) is 0 Å². The van der Waals surface area contributed by atoms with E-state index < -0.39 is 18.0 Å². The van der Waals surface area contributed by atoms with Gasteiger partial charge in [0.05, 0.1) is 12.1 Å². The molecule has 94 valence electrons. The average Bonchev–Trinajstić information content (AvgIpc) is 2.69. The van der Waals surface area contributed by atoms with Crippen LogP contribution in [0.2, 0.25) is 0 Å². The maximum atomic E-state index is 10.8. The quantitative estimate of drug-likeness (QED) is 0.669. The van der Waals surface area contributed by atoms with Crippen molar-refractivity contribution in [2.75, 3.05) is 0 Å². The summed E-state index contributed by atoms with van der Waals surface area (Å²) < 4.78 is 0. The number of aliphatic carboxylic acids is 1. The first-order valence-electron chi connectivity index (χ1n) is 5.04. The lowest BCUT2D eigenvalue weighted by atomic mass is 10.2. The molecule has 2 rings (SSSR count). The number of hydrogen-bond acceptors (Lipinski definition) is 5. The number of aromatic carboxylic acids is 1. The van der Waals surface area contributed by atoms with Crippen LogP contribution in [0, 0.1) is 0 Å². The van der Waals surface area contributed by atoms with E-state index in [1.54, 1.807) is 0 Å². The highest BCUT2D eigenvalue weighted by molar-refractivity contribution is 5.92. The van der Waals surface area contributed by atoms with Crippen molar-refractivity contribution in [2.24, 2.45) is 5.73 Å². The molecule has 8 nitrogen and oxygen atoms in total. The van der Waals surface area contributed by atoms with Crippen LogP contribution in [0.5, 0.6) is 0 Å². The van der Waals surface area contributed by atoms with E-state index in [9.17, 15) is 9.59 Å². The first kappa shape index (κ1) is 12.0. The first-order valence-corrected chi connectivity index (χ1v) is 5.04. The number of carbonyl (C=O) groups is 2. The van der Waals surface area contributed by atoms with Crippen LogP contribution in [-0.2, 0) is 11.3 Å². The van der Waals surface area contributed by atoms with Crippen LogP contribution in [-0.4, -0.2) is 43.2 Å². The number of carboxylic acid groups (broad SMARTS) is 2. The van der Waals surface area contributed by atoms with Crippen LogP contribution in [0.3, 0.4) is 0 Å². The Kier molecular flexibility index (Phi) is 2.94. The average molecular weight is 250 g/mol. The zero-order valence-corrected chi connectivity index (χ0v) is 9.15. The molecule has 4 N–H and O–H groups in total. The Bertz CT molecular complexity index is 621. The lowest BCUT2D eigenvalue weighted by Crippen LogP contribution is -2.35. The van der Waals surface area contributed by atoms with Gasteiger partial charge in [0.1, 0.15) is 17.1 Å². The van der Waals surface area contributed by atoms with Crippen molar-refractivity contribution in [1.29, 1.82) is 0 Å². The summed E-state index contributed by atoms with van der Waals surface area (Å²) in [6.07, 6.45) is 0. The zero-order chi connectivity index (χ0) is 13.3. The van der Waals surface area contributed by atoms with Crippen molar-refractivity contribution < 1.29 is 19.8 Å². The monoisotopic (exact) mass is 250 g/mol. The van der Waals surface area contributed by atoms with Gasteiger partial charge in [-0.15, -0.1) is 0 Å². The van der Waals surface area contributed by atoms with Gasteiger partial charge in [0, 0.05) is 0 Å². The first-order chi connectivity index (χ1) is 8.47.